The van der Waals surface area contributed by atoms with Crippen LogP contribution in [0.2, 0.25) is 0 Å². The third-order valence-corrected chi connectivity index (χ3v) is 7.89. The van der Waals surface area contributed by atoms with E-state index in [-0.39, 0.29) is 23.7 Å². The molecule has 1 heterocycles. The van der Waals surface area contributed by atoms with E-state index in [4.69, 9.17) is 4.74 Å². The maximum Gasteiger partial charge on any atom is 0.329 e. The fourth-order valence-electron chi connectivity index (χ4n) is 6.28. The Morgan fingerprint density at radius 2 is 1.27 bits per heavy atom. The Balaban J connectivity index is 1.21. The van der Waals surface area contributed by atoms with E-state index in [1.54, 1.807) is 12.1 Å². The Labute approximate surface area is 214 Å². The topological polar surface area (TPSA) is 92.8 Å². The van der Waals surface area contributed by atoms with Crippen molar-refractivity contribution in [2.24, 2.45) is 11.8 Å². The van der Waals surface area contributed by atoms with Crippen molar-refractivity contribution in [3.63, 3.8) is 0 Å². The van der Waals surface area contributed by atoms with Gasteiger partial charge in [-0.2, -0.15) is 0 Å². The van der Waals surface area contributed by atoms with Gasteiger partial charge in [0.15, 0.2) is 6.61 Å². The number of nitrogens with zero attached hydrogens (tertiary/aromatic N) is 1. The van der Waals surface area contributed by atoms with Gasteiger partial charge in [0, 0.05) is 17.5 Å². The maximum absolute atomic E-state index is 13.7. The lowest BCUT2D eigenvalue weighted by atomic mass is 9.55. The summed E-state index contributed by atoms with van der Waals surface area (Å²) < 4.78 is 5.22. The number of hydrogen-bond donors (Lipinski definition) is 1. The van der Waals surface area contributed by atoms with Gasteiger partial charge in [0.25, 0.3) is 5.91 Å². The predicted molar refractivity (Wildman–Crippen MR) is 136 cm³/mol. The van der Waals surface area contributed by atoms with E-state index in [2.05, 4.69) is 5.32 Å². The Morgan fingerprint density at radius 3 is 1.73 bits per heavy atom. The number of nitrogens with one attached hydrogen (secondary N) is 1. The number of rotatable bonds is 5. The zero-order valence-corrected chi connectivity index (χ0v) is 20.5. The second-order valence-electron chi connectivity index (χ2n) is 10.0. The highest BCUT2D eigenvalue weighted by Crippen LogP contribution is 2.61. The highest BCUT2D eigenvalue weighted by molar-refractivity contribution is 6.10. The van der Waals surface area contributed by atoms with Gasteiger partial charge in [0.2, 0.25) is 11.8 Å². The molecule has 7 rings (SSSR count). The maximum atomic E-state index is 13.7. The lowest BCUT2D eigenvalue weighted by Crippen LogP contribution is -2.45. The largest absolute Gasteiger partial charge is 0.454 e. The highest BCUT2D eigenvalue weighted by atomic mass is 16.5. The zero-order chi connectivity index (χ0) is 25.8. The van der Waals surface area contributed by atoms with Gasteiger partial charge in [0.1, 0.15) is 6.04 Å². The molecular weight excluding hydrogens is 468 g/mol. The summed E-state index contributed by atoms with van der Waals surface area (Å²) in [6, 6.07) is 22.0. The fourth-order valence-corrected chi connectivity index (χ4v) is 6.28. The molecule has 2 bridgehead atoms. The first kappa shape index (κ1) is 23.2. The van der Waals surface area contributed by atoms with E-state index in [0.29, 0.717) is 5.69 Å². The van der Waals surface area contributed by atoms with Gasteiger partial charge in [-0.05, 0) is 48.2 Å². The van der Waals surface area contributed by atoms with Gasteiger partial charge in [-0.1, -0.05) is 66.2 Å². The summed E-state index contributed by atoms with van der Waals surface area (Å²) >= 11 is 0. The van der Waals surface area contributed by atoms with E-state index in [9.17, 15) is 19.2 Å². The molecule has 0 aromatic heterocycles. The van der Waals surface area contributed by atoms with Crippen LogP contribution in [0.5, 0.6) is 0 Å². The van der Waals surface area contributed by atoms with Crippen molar-refractivity contribution < 1.29 is 23.9 Å². The van der Waals surface area contributed by atoms with Crippen LogP contribution < -0.4 is 5.32 Å². The average molecular weight is 495 g/mol. The molecule has 0 unspecified atom stereocenters. The van der Waals surface area contributed by atoms with Crippen molar-refractivity contribution >= 4 is 29.4 Å². The number of imide groups is 1. The molecule has 3 aromatic rings. The van der Waals surface area contributed by atoms with Gasteiger partial charge >= 0.3 is 5.97 Å². The molecule has 0 saturated carbocycles. The van der Waals surface area contributed by atoms with Crippen LogP contribution in [0.15, 0.2) is 72.8 Å². The number of likely N-dealkylation sites (tertiary alicyclic amines) is 1. The van der Waals surface area contributed by atoms with E-state index in [1.807, 2.05) is 67.6 Å². The predicted octanol–water partition coefficient (Wildman–Crippen LogP) is 3.76. The first-order valence-electron chi connectivity index (χ1n) is 12.4. The van der Waals surface area contributed by atoms with Crippen LogP contribution in [0, 0.1) is 18.8 Å². The first-order chi connectivity index (χ1) is 17.9. The molecule has 186 valence electrons. The molecule has 1 saturated heterocycles. The zero-order valence-electron chi connectivity index (χ0n) is 20.5. The summed E-state index contributed by atoms with van der Waals surface area (Å²) in [5, 5.41) is 2.67. The molecule has 1 fully saturated rings. The van der Waals surface area contributed by atoms with Crippen molar-refractivity contribution in [3.05, 3.63) is 101 Å². The van der Waals surface area contributed by atoms with Gasteiger partial charge in [-0.3, -0.25) is 19.3 Å². The SMILES string of the molecule is Cc1ccc(NC(=O)COC(=O)[C@H](C)N2C(=O)[C@@H]3C4c5ccccc5C(c5ccccc54)[C@@H]3C2=O)cc1. The Morgan fingerprint density at radius 1 is 0.811 bits per heavy atom. The summed E-state index contributed by atoms with van der Waals surface area (Å²) in [4.78, 5) is 53.7. The van der Waals surface area contributed by atoms with Crippen molar-refractivity contribution in [3.8, 4) is 0 Å². The molecular formula is C30H26N2O5. The third kappa shape index (κ3) is 3.56. The number of ether oxygens (including phenoxy) is 1. The molecule has 7 heteroatoms. The Kier molecular flexibility index (Phi) is 5.44. The van der Waals surface area contributed by atoms with E-state index >= 15 is 0 Å². The van der Waals surface area contributed by atoms with Crippen molar-refractivity contribution in [2.45, 2.75) is 31.7 Å². The fraction of sp³-hybridized carbons (Fsp3) is 0.267. The van der Waals surface area contributed by atoms with Crippen LogP contribution in [0.4, 0.5) is 5.69 Å². The summed E-state index contributed by atoms with van der Waals surface area (Å²) in [6.45, 7) is 2.91. The number of carbonyl (C=O) groups excluding carboxylic acids is 4. The van der Waals surface area contributed by atoms with E-state index in [0.717, 1.165) is 32.7 Å². The molecule has 0 radical (unpaired) electrons. The summed E-state index contributed by atoms with van der Waals surface area (Å²) in [5.74, 6) is -3.63. The first-order valence-corrected chi connectivity index (χ1v) is 12.4. The average Bonchev–Trinajstić information content (AvgIpc) is 3.18. The van der Waals surface area contributed by atoms with Crippen molar-refractivity contribution in [2.75, 3.05) is 11.9 Å². The quantitative estimate of drug-likeness (QED) is 0.431. The number of hydrogen-bond acceptors (Lipinski definition) is 5. The Bertz CT molecular complexity index is 1330. The molecule has 4 aliphatic rings. The van der Waals surface area contributed by atoms with Gasteiger partial charge in [-0.15, -0.1) is 0 Å². The lowest BCUT2D eigenvalue weighted by Gasteiger charge is -2.45. The van der Waals surface area contributed by atoms with Crippen LogP contribution in [0.25, 0.3) is 0 Å². The summed E-state index contributed by atoms with van der Waals surface area (Å²) in [7, 11) is 0. The standard InChI is InChI=1S/C30H26N2O5/c1-16-11-13-18(14-12-16)31-23(33)15-37-30(36)17(2)32-28(34)26-24-19-7-3-4-8-20(19)25(27(26)29(32)35)22-10-6-5-9-21(22)24/h3-14,17,24-27H,15H2,1-2H3,(H,31,33)/t17-,24?,25?,26-,27+/m0/s1. The number of aryl methyl sites for hydroxylation is 1. The number of carbonyl (C=O) groups is 4. The monoisotopic (exact) mass is 494 g/mol. The minimum atomic E-state index is -1.14. The normalized spacial score (nSPS) is 23.7. The molecule has 37 heavy (non-hydrogen) atoms. The molecule has 3 aromatic carbocycles. The minimum Gasteiger partial charge on any atom is -0.454 e. The van der Waals surface area contributed by atoms with Crippen LogP contribution in [0.3, 0.4) is 0 Å². The Hall–Kier alpha value is -4.26. The molecule has 7 nitrogen and oxygen atoms in total. The molecule has 0 spiro atoms. The minimum absolute atomic E-state index is 0.243. The van der Waals surface area contributed by atoms with Crippen LogP contribution in [-0.4, -0.2) is 41.2 Å². The van der Waals surface area contributed by atoms with Gasteiger partial charge < -0.3 is 10.1 Å². The van der Waals surface area contributed by atoms with E-state index < -0.39 is 36.4 Å². The highest BCUT2D eigenvalue weighted by Gasteiger charge is 2.62. The number of anilines is 1. The van der Waals surface area contributed by atoms with Gasteiger partial charge in [-0.25, -0.2) is 4.79 Å². The summed E-state index contributed by atoms with van der Waals surface area (Å²) in [5.41, 5.74) is 5.91. The van der Waals surface area contributed by atoms with Crippen molar-refractivity contribution in [1.82, 2.24) is 4.90 Å². The van der Waals surface area contributed by atoms with E-state index in [1.165, 1.54) is 6.92 Å². The molecule has 1 N–H and O–H groups in total. The van der Waals surface area contributed by atoms with Crippen LogP contribution in [0.1, 0.15) is 46.6 Å². The lowest BCUT2D eigenvalue weighted by molar-refractivity contribution is -0.159. The van der Waals surface area contributed by atoms with Gasteiger partial charge in [0.05, 0.1) is 11.8 Å². The molecule has 3 amide bonds. The second-order valence-corrected chi connectivity index (χ2v) is 10.0. The smallest absolute Gasteiger partial charge is 0.329 e. The van der Waals surface area contributed by atoms with Crippen LogP contribution in [-0.2, 0) is 23.9 Å². The number of esters is 1. The third-order valence-electron chi connectivity index (χ3n) is 7.89. The molecule has 3 aliphatic carbocycles. The van der Waals surface area contributed by atoms with Crippen molar-refractivity contribution in [1.29, 1.82) is 0 Å². The second kappa shape index (κ2) is 8.69. The molecule has 3 atom stereocenters. The van der Waals surface area contributed by atoms with Crippen LogP contribution >= 0.6 is 0 Å². The summed E-state index contributed by atoms with van der Waals surface area (Å²) in [6.07, 6.45) is 0. The molecule has 1 aliphatic heterocycles. The number of amides is 3. The number of benzene rings is 3.